The predicted octanol–water partition coefficient (Wildman–Crippen LogP) is 2.67. The maximum Gasteiger partial charge on any atom is 0.307 e. The van der Waals surface area contributed by atoms with Crippen LogP contribution in [0.25, 0.3) is 0 Å². The van der Waals surface area contributed by atoms with Crippen molar-refractivity contribution in [2.45, 2.75) is 24.0 Å². The van der Waals surface area contributed by atoms with E-state index < -0.39 is 27.9 Å². The molecule has 0 aliphatic heterocycles. The molecule has 0 amide bonds. The van der Waals surface area contributed by atoms with E-state index in [9.17, 15) is 9.00 Å². The first-order valence-corrected chi connectivity index (χ1v) is 6.83. The Morgan fingerprint density at radius 3 is 2.25 bits per heavy atom. The largest absolute Gasteiger partial charge is 0.481 e. The second-order valence-corrected chi connectivity index (χ2v) is 6.31. The first kappa shape index (κ1) is 13.4. The highest BCUT2D eigenvalue weighted by Gasteiger charge is 2.25. The quantitative estimate of drug-likeness (QED) is 0.930. The predicted molar refractivity (Wildman–Crippen MR) is 66.8 cm³/mol. The maximum absolute atomic E-state index is 12.0. The SMILES string of the molecule is CC(C(=O)O)C(C)S(=O)c1ccc(Br)cc1. The molecular weight excluding hydrogens is 292 g/mol. The van der Waals surface area contributed by atoms with E-state index in [-0.39, 0.29) is 0 Å². The Morgan fingerprint density at radius 1 is 1.31 bits per heavy atom. The Morgan fingerprint density at radius 2 is 1.81 bits per heavy atom. The van der Waals surface area contributed by atoms with Gasteiger partial charge in [0, 0.05) is 14.6 Å². The Bertz CT molecular complexity index is 402. The fourth-order valence-electron chi connectivity index (χ4n) is 1.17. The van der Waals surface area contributed by atoms with Crippen LogP contribution in [0.1, 0.15) is 13.8 Å². The van der Waals surface area contributed by atoms with E-state index >= 15 is 0 Å². The molecule has 1 aromatic rings. The second kappa shape index (κ2) is 5.59. The molecule has 0 aliphatic carbocycles. The van der Waals surface area contributed by atoms with Crippen molar-refractivity contribution >= 4 is 32.7 Å². The van der Waals surface area contributed by atoms with Gasteiger partial charge in [0.2, 0.25) is 0 Å². The lowest BCUT2D eigenvalue weighted by Crippen LogP contribution is -2.26. The van der Waals surface area contributed by atoms with Crippen molar-refractivity contribution in [3.63, 3.8) is 0 Å². The molecule has 0 radical (unpaired) electrons. The molecule has 3 atom stereocenters. The highest BCUT2D eigenvalue weighted by Crippen LogP contribution is 2.19. The Kier molecular flexibility index (Phi) is 4.68. The molecule has 3 nitrogen and oxygen atoms in total. The molecule has 16 heavy (non-hydrogen) atoms. The summed E-state index contributed by atoms with van der Waals surface area (Å²) in [7, 11) is -1.29. The third-order valence-electron chi connectivity index (χ3n) is 2.48. The van der Waals surface area contributed by atoms with Crippen LogP contribution in [0.2, 0.25) is 0 Å². The van der Waals surface area contributed by atoms with Gasteiger partial charge in [-0.1, -0.05) is 22.9 Å². The van der Waals surface area contributed by atoms with E-state index in [0.717, 1.165) is 4.47 Å². The van der Waals surface area contributed by atoms with Crippen LogP contribution in [-0.4, -0.2) is 20.5 Å². The molecule has 1 rings (SSSR count). The molecule has 0 fully saturated rings. The first-order chi connectivity index (χ1) is 7.43. The summed E-state index contributed by atoms with van der Waals surface area (Å²) in [5.74, 6) is -1.54. The van der Waals surface area contributed by atoms with Gasteiger partial charge in [0.1, 0.15) is 0 Å². The fraction of sp³-hybridized carbons (Fsp3) is 0.364. The minimum atomic E-state index is -1.29. The van der Waals surface area contributed by atoms with Crippen molar-refractivity contribution in [3.05, 3.63) is 28.7 Å². The summed E-state index contributed by atoms with van der Waals surface area (Å²) in [4.78, 5) is 11.4. The van der Waals surface area contributed by atoms with Crippen molar-refractivity contribution < 1.29 is 14.1 Å². The van der Waals surface area contributed by atoms with Crippen LogP contribution in [0, 0.1) is 5.92 Å². The highest BCUT2D eigenvalue weighted by molar-refractivity contribution is 9.10. The summed E-state index contributed by atoms with van der Waals surface area (Å²) in [6, 6.07) is 7.08. The summed E-state index contributed by atoms with van der Waals surface area (Å²) in [5.41, 5.74) is 0. The molecule has 0 bridgehead atoms. The average molecular weight is 305 g/mol. The first-order valence-electron chi connectivity index (χ1n) is 4.82. The van der Waals surface area contributed by atoms with E-state index in [4.69, 9.17) is 5.11 Å². The van der Waals surface area contributed by atoms with Crippen LogP contribution in [0.5, 0.6) is 0 Å². The molecule has 0 saturated heterocycles. The van der Waals surface area contributed by atoms with Gasteiger partial charge in [-0.25, -0.2) is 0 Å². The smallest absolute Gasteiger partial charge is 0.307 e. The van der Waals surface area contributed by atoms with Crippen molar-refractivity contribution in [1.82, 2.24) is 0 Å². The van der Waals surface area contributed by atoms with Crippen molar-refractivity contribution in [3.8, 4) is 0 Å². The molecule has 5 heteroatoms. The molecular formula is C11H13BrO3S. The lowest BCUT2D eigenvalue weighted by Gasteiger charge is -2.15. The lowest BCUT2D eigenvalue weighted by molar-refractivity contribution is -0.141. The van der Waals surface area contributed by atoms with Crippen LogP contribution in [0.4, 0.5) is 0 Å². The molecule has 0 aliphatic rings. The number of rotatable bonds is 4. The minimum absolute atomic E-state index is 0.404. The van der Waals surface area contributed by atoms with Crippen molar-refractivity contribution in [2.24, 2.45) is 5.92 Å². The second-order valence-electron chi connectivity index (χ2n) is 3.58. The summed E-state index contributed by atoms with van der Waals surface area (Å²) in [5, 5.41) is 8.45. The van der Waals surface area contributed by atoms with Gasteiger partial charge in [-0.05, 0) is 31.2 Å². The van der Waals surface area contributed by atoms with Crippen LogP contribution < -0.4 is 0 Å². The van der Waals surface area contributed by atoms with Gasteiger partial charge in [-0.3, -0.25) is 9.00 Å². The number of aliphatic carboxylic acids is 1. The Balaban J connectivity index is 2.86. The number of hydrogen-bond donors (Lipinski definition) is 1. The van der Waals surface area contributed by atoms with Crippen LogP contribution in [-0.2, 0) is 15.6 Å². The van der Waals surface area contributed by atoms with Gasteiger partial charge in [-0.2, -0.15) is 0 Å². The summed E-state index contributed by atoms with van der Waals surface area (Å²) in [6.07, 6.45) is 0. The zero-order valence-electron chi connectivity index (χ0n) is 9.01. The van der Waals surface area contributed by atoms with Crippen LogP contribution >= 0.6 is 15.9 Å². The molecule has 3 unspecified atom stereocenters. The molecule has 1 N–H and O–H groups in total. The molecule has 1 aromatic carbocycles. The van der Waals surface area contributed by atoms with E-state index in [2.05, 4.69) is 15.9 Å². The number of benzene rings is 1. The molecule has 0 spiro atoms. The topological polar surface area (TPSA) is 54.4 Å². The average Bonchev–Trinajstić information content (AvgIpc) is 2.27. The minimum Gasteiger partial charge on any atom is -0.481 e. The highest BCUT2D eigenvalue weighted by atomic mass is 79.9. The summed E-state index contributed by atoms with van der Waals surface area (Å²) in [6.45, 7) is 3.26. The van der Waals surface area contributed by atoms with Crippen molar-refractivity contribution in [2.75, 3.05) is 0 Å². The normalized spacial score (nSPS) is 16.4. The molecule has 0 aromatic heterocycles. The summed E-state index contributed by atoms with van der Waals surface area (Å²) < 4.78 is 12.9. The Labute approximate surface area is 105 Å². The van der Waals surface area contributed by atoms with Gasteiger partial charge in [0.15, 0.2) is 0 Å². The standard InChI is InChI=1S/C11H13BrO3S/c1-7(11(13)14)8(2)16(15)10-5-3-9(12)4-6-10/h3-8H,1-2H3,(H,13,14). The van der Waals surface area contributed by atoms with Crippen LogP contribution in [0.15, 0.2) is 33.6 Å². The third-order valence-corrected chi connectivity index (χ3v) is 4.83. The number of carboxylic acids is 1. The van der Waals surface area contributed by atoms with Gasteiger partial charge in [-0.15, -0.1) is 0 Å². The lowest BCUT2D eigenvalue weighted by atomic mass is 10.1. The maximum atomic E-state index is 12.0. The van der Waals surface area contributed by atoms with E-state index in [0.29, 0.717) is 4.90 Å². The van der Waals surface area contributed by atoms with Gasteiger partial charge >= 0.3 is 5.97 Å². The van der Waals surface area contributed by atoms with Crippen LogP contribution in [0.3, 0.4) is 0 Å². The molecule has 0 heterocycles. The number of hydrogen-bond acceptors (Lipinski definition) is 2. The number of carbonyl (C=O) groups is 1. The third kappa shape index (κ3) is 3.15. The van der Waals surface area contributed by atoms with Gasteiger partial charge in [0.25, 0.3) is 0 Å². The van der Waals surface area contributed by atoms with E-state index in [1.807, 2.05) is 0 Å². The number of carboxylic acid groups (broad SMARTS) is 1. The zero-order valence-corrected chi connectivity index (χ0v) is 11.4. The zero-order chi connectivity index (χ0) is 12.3. The van der Waals surface area contributed by atoms with E-state index in [1.54, 1.807) is 38.1 Å². The number of halogens is 1. The van der Waals surface area contributed by atoms with Crippen molar-refractivity contribution in [1.29, 1.82) is 0 Å². The fourth-order valence-corrected chi connectivity index (χ4v) is 2.75. The molecule has 88 valence electrons. The van der Waals surface area contributed by atoms with E-state index in [1.165, 1.54) is 0 Å². The monoisotopic (exact) mass is 304 g/mol. The Hall–Kier alpha value is -0.680. The van der Waals surface area contributed by atoms with Gasteiger partial charge in [0.05, 0.1) is 16.7 Å². The summed E-state index contributed by atoms with van der Waals surface area (Å²) >= 11 is 3.29. The van der Waals surface area contributed by atoms with Gasteiger partial charge < -0.3 is 5.11 Å². The molecule has 0 saturated carbocycles.